The molecule has 2 aromatic carbocycles. The molecular weight excluding hydrogens is 516 g/mol. The fourth-order valence-electron chi connectivity index (χ4n) is 4.71. The first-order valence-corrected chi connectivity index (χ1v) is 11.8. The fourth-order valence-corrected chi connectivity index (χ4v) is 4.83. The van der Waals surface area contributed by atoms with Crippen LogP contribution in [0.15, 0.2) is 55.0 Å². The molecule has 0 saturated carbocycles. The van der Waals surface area contributed by atoms with Crippen molar-refractivity contribution in [3.63, 3.8) is 0 Å². The largest absolute Gasteiger partial charge is 0.506 e. The van der Waals surface area contributed by atoms with Crippen LogP contribution in [0.3, 0.4) is 0 Å². The van der Waals surface area contributed by atoms with Crippen molar-refractivity contribution >= 4 is 34.8 Å². The van der Waals surface area contributed by atoms with E-state index in [-0.39, 0.29) is 45.9 Å². The molecule has 12 heteroatoms. The Morgan fingerprint density at radius 1 is 1.16 bits per heavy atom. The van der Waals surface area contributed by atoms with Crippen LogP contribution in [0, 0.1) is 11.6 Å². The van der Waals surface area contributed by atoms with Gasteiger partial charge in [0.15, 0.2) is 11.5 Å². The number of nitrogen functional groups attached to an aromatic ring is 1. The van der Waals surface area contributed by atoms with Crippen LogP contribution in [0.5, 0.6) is 5.75 Å². The maximum atomic E-state index is 14.4. The smallest absolute Gasteiger partial charge is 0.240 e. The zero-order chi connectivity index (χ0) is 26.8. The first kappa shape index (κ1) is 23.7. The van der Waals surface area contributed by atoms with E-state index in [9.17, 15) is 18.7 Å². The number of nitrogens with two attached hydrogens (primary N) is 1. The molecule has 1 amide bonds. The number of carbonyl (C=O) groups is 1. The molecule has 0 bridgehead atoms. The number of benzene rings is 2. The molecule has 1 aliphatic rings. The number of halogens is 3. The average Bonchev–Trinajstić information content (AvgIpc) is 3.46. The monoisotopic (exact) mass is 533 g/mol. The molecule has 1 unspecified atom stereocenters. The number of anilines is 2. The number of aromatic hydroxyl groups is 1. The summed E-state index contributed by atoms with van der Waals surface area (Å²) in [6.07, 6.45) is 4.64. The Labute approximate surface area is 219 Å². The number of nitrogens with zero attached hydrogens (tertiary/aromatic N) is 5. The van der Waals surface area contributed by atoms with Crippen LogP contribution >= 0.6 is 11.6 Å². The van der Waals surface area contributed by atoms with E-state index >= 15 is 0 Å². The van der Waals surface area contributed by atoms with Crippen molar-refractivity contribution in [2.45, 2.75) is 18.8 Å². The number of imidazole rings is 1. The maximum absolute atomic E-state index is 14.4. The molecule has 0 radical (unpaired) electrons. The topological polar surface area (TPSA) is 131 Å². The third-order valence-electron chi connectivity index (χ3n) is 6.73. The number of amides is 1. The van der Waals surface area contributed by atoms with Gasteiger partial charge >= 0.3 is 0 Å². The number of nitrogens with one attached hydrogen (secondary N) is 1. The third kappa shape index (κ3) is 3.54. The highest BCUT2D eigenvalue weighted by Crippen LogP contribution is 2.46. The van der Waals surface area contributed by atoms with Gasteiger partial charge in [-0.2, -0.15) is 0 Å². The van der Waals surface area contributed by atoms with Crippen molar-refractivity contribution in [2.75, 3.05) is 11.1 Å². The zero-order valence-corrected chi connectivity index (χ0v) is 20.5. The Morgan fingerprint density at radius 2 is 1.92 bits per heavy atom. The van der Waals surface area contributed by atoms with Gasteiger partial charge in [-0.25, -0.2) is 28.7 Å². The van der Waals surface area contributed by atoms with Gasteiger partial charge in [0.25, 0.3) is 0 Å². The summed E-state index contributed by atoms with van der Waals surface area (Å²) in [4.78, 5) is 30.9. The summed E-state index contributed by atoms with van der Waals surface area (Å²) in [6.45, 7) is 1.65. The minimum absolute atomic E-state index is 0.0227. The highest BCUT2D eigenvalue weighted by Gasteiger charge is 2.47. The van der Waals surface area contributed by atoms with Crippen molar-refractivity contribution in [1.82, 2.24) is 24.3 Å². The summed E-state index contributed by atoms with van der Waals surface area (Å²) in [5.41, 5.74) is 6.67. The molecular formula is C26H18ClF2N7O2. The summed E-state index contributed by atoms with van der Waals surface area (Å²) >= 11 is 5.95. The molecule has 190 valence electrons. The summed E-state index contributed by atoms with van der Waals surface area (Å²) < 4.78 is 30.4. The lowest BCUT2D eigenvalue weighted by Gasteiger charge is -2.23. The van der Waals surface area contributed by atoms with Crippen LogP contribution in [0.4, 0.5) is 20.4 Å². The summed E-state index contributed by atoms with van der Waals surface area (Å²) in [5, 5.41) is 13.0. The first-order valence-electron chi connectivity index (χ1n) is 11.4. The van der Waals surface area contributed by atoms with E-state index in [0.717, 1.165) is 0 Å². The van der Waals surface area contributed by atoms with Gasteiger partial charge in [0.1, 0.15) is 40.1 Å². The Hall–Kier alpha value is -4.64. The minimum Gasteiger partial charge on any atom is -0.506 e. The second-order valence-electron chi connectivity index (χ2n) is 9.01. The molecule has 1 atom stereocenters. The second kappa shape index (κ2) is 8.45. The van der Waals surface area contributed by atoms with Crippen molar-refractivity contribution in [2.24, 2.45) is 0 Å². The van der Waals surface area contributed by atoms with Crippen LogP contribution in [0.25, 0.3) is 17.2 Å². The van der Waals surface area contributed by atoms with Crippen molar-refractivity contribution in [1.29, 1.82) is 0 Å². The summed E-state index contributed by atoms with van der Waals surface area (Å²) in [6, 6.07) is 8.14. The van der Waals surface area contributed by atoms with Crippen molar-refractivity contribution in [3.05, 3.63) is 94.0 Å². The van der Waals surface area contributed by atoms with Gasteiger partial charge in [0.2, 0.25) is 5.91 Å². The lowest BCUT2D eigenvalue weighted by atomic mass is 9.77. The number of phenolic OH excluding ortho intramolecular Hbond substituents is 1. The van der Waals surface area contributed by atoms with Gasteiger partial charge < -0.3 is 20.6 Å². The van der Waals surface area contributed by atoms with Gasteiger partial charge in [0.05, 0.1) is 16.3 Å². The van der Waals surface area contributed by atoms with E-state index in [1.165, 1.54) is 36.5 Å². The van der Waals surface area contributed by atoms with Gasteiger partial charge in [-0.1, -0.05) is 23.7 Å². The van der Waals surface area contributed by atoms with E-state index < -0.39 is 23.0 Å². The minimum atomic E-state index is -1.30. The van der Waals surface area contributed by atoms with Crippen LogP contribution in [-0.4, -0.2) is 35.4 Å². The van der Waals surface area contributed by atoms with Gasteiger partial charge in [-0.05, 0) is 36.8 Å². The number of phenols is 1. The Balaban J connectivity index is 1.47. The lowest BCUT2D eigenvalue weighted by Crippen LogP contribution is -2.32. The normalized spacial score (nSPS) is 16.6. The molecule has 3 aromatic heterocycles. The predicted molar refractivity (Wildman–Crippen MR) is 136 cm³/mol. The number of aromatic nitrogens is 5. The quantitative estimate of drug-likeness (QED) is 0.314. The Bertz CT molecular complexity index is 1770. The van der Waals surface area contributed by atoms with Gasteiger partial charge in [-0.15, -0.1) is 0 Å². The molecule has 0 spiro atoms. The van der Waals surface area contributed by atoms with E-state index in [2.05, 4.69) is 25.3 Å². The Morgan fingerprint density at radius 3 is 2.66 bits per heavy atom. The number of hydrogen-bond acceptors (Lipinski definition) is 7. The third-order valence-corrected chi connectivity index (χ3v) is 7.04. The van der Waals surface area contributed by atoms with Crippen LogP contribution in [0.1, 0.15) is 29.3 Å². The molecule has 4 heterocycles. The molecule has 0 fully saturated rings. The molecule has 0 aliphatic carbocycles. The van der Waals surface area contributed by atoms with Crippen molar-refractivity contribution < 1.29 is 18.7 Å². The molecule has 1 aliphatic heterocycles. The highest BCUT2D eigenvalue weighted by atomic mass is 35.5. The van der Waals surface area contributed by atoms with Crippen LogP contribution in [-0.2, 0) is 16.6 Å². The number of fused-ring (bicyclic) bond motifs is 2. The predicted octanol–water partition coefficient (Wildman–Crippen LogP) is 4.25. The summed E-state index contributed by atoms with van der Waals surface area (Å²) in [5.74, 6) is -1.69. The zero-order valence-electron chi connectivity index (χ0n) is 19.7. The highest BCUT2D eigenvalue weighted by molar-refractivity contribution is 6.32. The van der Waals surface area contributed by atoms with Gasteiger partial charge in [0, 0.05) is 30.6 Å². The van der Waals surface area contributed by atoms with Crippen LogP contribution < -0.4 is 11.1 Å². The summed E-state index contributed by atoms with van der Waals surface area (Å²) in [7, 11) is 0. The Kier molecular flexibility index (Phi) is 5.28. The average molecular weight is 534 g/mol. The van der Waals surface area contributed by atoms with Crippen LogP contribution in [0.2, 0.25) is 5.02 Å². The van der Waals surface area contributed by atoms with Gasteiger partial charge in [-0.3, -0.25) is 4.79 Å². The second-order valence-corrected chi connectivity index (χ2v) is 9.42. The lowest BCUT2D eigenvalue weighted by molar-refractivity contribution is -0.119. The SMILES string of the molecule is CC1(c2ccc(Cl)c(O)c2)C(=O)Nc2nc(-c3cn4ccnc4c(Cc4c(F)cccc4F)n3)nc(N)c21. The molecule has 6 rings (SSSR count). The molecule has 38 heavy (non-hydrogen) atoms. The van der Waals surface area contributed by atoms with E-state index in [4.69, 9.17) is 17.3 Å². The standard InChI is InChI=1S/C26H18ClF2N7O2/c1-26(12-5-6-14(27)19(37)9-12)20-21(30)33-22(34-23(20)35-25(26)38)18-11-36-8-7-31-24(36)17(32-18)10-13-15(28)3-2-4-16(13)29/h2-9,11,37H,10H2,1H3,(H3,30,33,34,35,38). The fraction of sp³-hybridized carbons (Fsp3) is 0.115. The number of carbonyl (C=O) groups excluding carboxylic acids is 1. The first-order chi connectivity index (χ1) is 18.2. The maximum Gasteiger partial charge on any atom is 0.240 e. The van der Waals surface area contributed by atoms with E-state index in [0.29, 0.717) is 22.5 Å². The van der Waals surface area contributed by atoms with E-state index in [1.54, 1.807) is 29.8 Å². The van der Waals surface area contributed by atoms with E-state index in [1.807, 2.05) is 0 Å². The molecule has 5 aromatic rings. The van der Waals surface area contributed by atoms with Crippen molar-refractivity contribution in [3.8, 4) is 17.3 Å². The molecule has 9 nitrogen and oxygen atoms in total. The number of hydrogen-bond donors (Lipinski definition) is 3. The molecule has 0 saturated heterocycles. The number of rotatable bonds is 4. The molecule has 4 N–H and O–H groups in total.